The molecule has 1 aromatic carbocycles. The Labute approximate surface area is 373 Å². The highest BCUT2D eigenvalue weighted by atomic mass is 32.2. The molecule has 63 heavy (non-hydrogen) atoms. The SMILES string of the molecule is CC[C@H]1OC(=O)[C@H](C)[C@@H](O[C@H]2C[C@@](C)(OC)[C@@H](O)[C@H](C)O2)[C@H](C)[C@@H](O[C@@H]2O[C@H](C)C[C@H](N(C)C)[C@H]2O)[C@](C)(O)C[C@@H](C)CN(C(=O)NS(=O)(=O)c2ccccc2)[C@H](C)[C@@H](O)[C@]1(C)O. The molecule has 3 aliphatic heterocycles. The average Bonchev–Trinajstić information content (AvgIpc) is 3.21. The minimum Gasteiger partial charge on any atom is -0.459 e. The molecule has 3 fully saturated rings. The largest absolute Gasteiger partial charge is 0.459 e. The van der Waals surface area contributed by atoms with Gasteiger partial charge in [-0.3, -0.25) is 4.79 Å². The number of methoxy groups -OCH3 is 1. The Morgan fingerprint density at radius 2 is 1.57 bits per heavy atom. The first-order valence-corrected chi connectivity index (χ1v) is 23.5. The van der Waals surface area contributed by atoms with Gasteiger partial charge < -0.3 is 63.8 Å². The first-order valence-electron chi connectivity index (χ1n) is 22.0. The summed E-state index contributed by atoms with van der Waals surface area (Å²) in [6.07, 6.45) is -10.9. The van der Waals surface area contributed by atoms with Crippen LogP contribution >= 0.6 is 0 Å². The summed E-state index contributed by atoms with van der Waals surface area (Å²) in [6, 6.07) is 4.48. The molecule has 362 valence electrons. The van der Waals surface area contributed by atoms with Gasteiger partial charge in [-0.1, -0.05) is 39.0 Å². The Bertz CT molecular complexity index is 1770. The van der Waals surface area contributed by atoms with Crippen LogP contribution in [0.2, 0.25) is 0 Å². The minimum absolute atomic E-state index is 0.0111. The molecule has 19 heteroatoms. The Kier molecular flexibility index (Phi) is 17.7. The quantitative estimate of drug-likeness (QED) is 0.195. The van der Waals surface area contributed by atoms with E-state index in [9.17, 15) is 43.5 Å². The number of amides is 2. The highest BCUT2D eigenvalue weighted by molar-refractivity contribution is 7.90. The second-order valence-electron chi connectivity index (χ2n) is 19.1. The maximum absolute atomic E-state index is 14.5. The summed E-state index contributed by atoms with van der Waals surface area (Å²) in [7, 11) is 0.702. The first-order chi connectivity index (χ1) is 29.1. The molecule has 0 saturated carbocycles. The number of urea groups is 1. The molecule has 0 aliphatic carbocycles. The van der Waals surface area contributed by atoms with Crippen LogP contribution in [0, 0.1) is 17.8 Å². The minimum atomic E-state index is -4.41. The number of nitrogens with one attached hydrogen (secondary N) is 1. The number of carbonyl (C=O) groups is 2. The Hall–Kier alpha value is -2.53. The molecule has 4 rings (SSSR count). The van der Waals surface area contributed by atoms with Crippen molar-refractivity contribution in [3.8, 4) is 0 Å². The molecule has 0 unspecified atom stereocenters. The molecule has 3 aliphatic rings. The fraction of sp³-hybridized carbons (Fsp3) is 0.818. The lowest BCUT2D eigenvalue weighted by molar-refractivity contribution is -0.318. The van der Waals surface area contributed by atoms with Gasteiger partial charge in [-0.2, -0.15) is 0 Å². The lowest BCUT2D eigenvalue weighted by Crippen LogP contribution is -2.61. The standard InChI is InChI=1S/C44H75N3O15S/c1-14-32-44(10,54)36(49)28(6)47(41(52)45-63(55,56)30-18-16-15-17-19-30)23-24(2)21-42(8,53)38(62-40-34(48)31(46(11)12)20-25(3)58-40)26(4)35(27(5)39(51)60-32)61-33-22-43(9,57-13)37(50)29(7)59-33/h15-19,24-29,31-38,40,48-50,53-54H,14,20-23H2,1-13H3,(H,45,52)/t24-,25-,26+,27-,28-,29+,31+,32-,33+,34-,35+,36-,37+,38-,40+,42-,43-,44-/m1/s1. The number of esters is 1. The van der Waals surface area contributed by atoms with Crippen molar-refractivity contribution in [3.63, 3.8) is 0 Å². The van der Waals surface area contributed by atoms with Gasteiger partial charge in [0.2, 0.25) is 0 Å². The van der Waals surface area contributed by atoms with E-state index in [0.29, 0.717) is 6.42 Å². The van der Waals surface area contributed by atoms with Gasteiger partial charge in [-0.15, -0.1) is 0 Å². The number of aliphatic hydroxyl groups is 5. The smallest absolute Gasteiger partial charge is 0.331 e. The van der Waals surface area contributed by atoms with E-state index in [1.807, 2.05) is 25.9 Å². The molecule has 3 saturated heterocycles. The van der Waals surface area contributed by atoms with E-state index in [0.717, 1.165) is 4.90 Å². The Morgan fingerprint density at radius 1 is 0.952 bits per heavy atom. The van der Waals surface area contributed by atoms with Gasteiger partial charge in [0, 0.05) is 32.0 Å². The van der Waals surface area contributed by atoms with Crippen molar-refractivity contribution in [3.05, 3.63) is 30.3 Å². The molecule has 0 aromatic heterocycles. The molecule has 2 amide bonds. The molecule has 18 nitrogen and oxygen atoms in total. The topological polar surface area (TPSA) is 243 Å². The summed E-state index contributed by atoms with van der Waals surface area (Å²) in [5, 5.41) is 59.4. The number of cyclic esters (lactones) is 1. The zero-order valence-electron chi connectivity index (χ0n) is 39.2. The van der Waals surface area contributed by atoms with Crippen LogP contribution in [0.1, 0.15) is 94.9 Å². The van der Waals surface area contributed by atoms with E-state index in [4.69, 9.17) is 28.4 Å². The van der Waals surface area contributed by atoms with Gasteiger partial charge in [-0.25, -0.2) is 17.9 Å². The maximum Gasteiger partial charge on any atom is 0.331 e. The van der Waals surface area contributed by atoms with Gasteiger partial charge in [0.1, 0.15) is 30.0 Å². The zero-order valence-corrected chi connectivity index (χ0v) is 40.0. The van der Waals surface area contributed by atoms with Crippen LogP contribution in [0.5, 0.6) is 0 Å². The van der Waals surface area contributed by atoms with Crippen molar-refractivity contribution in [2.24, 2.45) is 17.8 Å². The van der Waals surface area contributed by atoms with Crippen LogP contribution in [0.3, 0.4) is 0 Å². The average molecular weight is 918 g/mol. The summed E-state index contributed by atoms with van der Waals surface area (Å²) in [5.74, 6) is -3.62. The van der Waals surface area contributed by atoms with Gasteiger partial charge in [0.25, 0.3) is 10.0 Å². The van der Waals surface area contributed by atoms with E-state index in [1.54, 1.807) is 47.6 Å². The van der Waals surface area contributed by atoms with Crippen LogP contribution < -0.4 is 4.72 Å². The van der Waals surface area contributed by atoms with Crippen LogP contribution in [0.4, 0.5) is 4.79 Å². The van der Waals surface area contributed by atoms with Crippen molar-refractivity contribution in [2.45, 2.75) is 190 Å². The zero-order chi connectivity index (χ0) is 47.6. The number of rotatable bonds is 9. The molecule has 1 aromatic rings. The molecule has 3 heterocycles. The monoisotopic (exact) mass is 917 g/mol. The van der Waals surface area contributed by atoms with Gasteiger partial charge in [0.15, 0.2) is 12.6 Å². The van der Waals surface area contributed by atoms with Crippen molar-refractivity contribution < 1.29 is 72.0 Å². The number of benzene rings is 1. The van der Waals surface area contributed by atoms with E-state index in [-0.39, 0.29) is 42.8 Å². The number of carbonyl (C=O) groups excluding carboxylic acids is 2. The number of ether oxygens (including phenoxy) is 6. The van der Waals surface area contributed by atoms with Crippen LogP contribution in [0.15, 0.2) is 35.2 Å². The second kappa shape index (κ2) is 21.0. The van der Waals surface area contributed by atoms with Crippen molar-refractivity contribution in [1.29, 1.82) is 0 Å². The third-order valence-corrected chi connectivity index (χ3v) is 14.8. The van der Waals surface area contributed by atoms with Gasteiger partial charge in [-0.05, 0) is 99.9 Å². The number of sulfonamides is 1. The summed E-state index contributed by atoms with van der Waals surface area (Å²) in [4.78, 5) is 31.4. The number of hydrogen-bond donors (Lipinski definition) is 6. The van der Waals surface area contributed by atoms with Crippen LogP contribution in [-0.4, -0.2) is 174 Å². The predicted molar refractivity (Wildman–Crippen MR) is 230 cm³/mol. The van der Waals surface area contributed by atoms with Crippen LogP contribution in [-0.2, 0) is 43.2 Å². The highest BCUT2D eigenvalue weighted by Crippen LogP contribution is 2.40. The molecule has 18 atom stereocenters. The summed E-state index contributed by atoms with van der Waals surface area (Å²) in [6.45, 7) is 15.8. The molecular weight excluding hydrogens is 843 g/mol. The van der Waals surface area contributed by atoms with Gasteiger partial charge >= 0.3 is 12.0 Å². The van der Waals surface area contributed by atoms with Crippen molar-refractivity contribution in [1.82, 2.24) is 14.5 Å². The van der Waals surface area contributed by atoms with Crippen LogP contribution in [0.25, 0.3) is 0 Å². The Morgan fingerprint density at radius 3 is 2.14 bits per heavy atom. The number of aliphatic hydroxyl groups excluding tert-OH is 3. The summed E-state index contributed by atoms with van der Waals surface area (Å²) in [5.41, 5.74) is -5.17. The summed E-state index contributed by atoms with van der Waals surface area (Å²) >= 11 is 0. The van der Waals surface area contributed by atoms with E-state index < -0.39 is 118 Å². The third kappa shape index (κ3) is 12.1. The van der Waals surface area contributed by atoms with Crippen molar-refractivity contribution in [2.75, 3.05) is 27.7 Å². The predicted octanol–water partition coefficient (Wildman–Crippen LogP) is 2.37. The number of likely N-dealkylation sites (N-methyl/N-ethyl adjacent to an activating group) is 1. The van der Waals surface area contributed by atoms with E-state index in [2.05, 4.69) is 4.72 Å². The molecule has 0 spiro atoms. The van der Waals surface area contributed by atoms with E-state index in [1.165, 1.54) is 52.1 Å². The molecule has 0 bridgehead atoms. The number of hydrogen-bond acceptors (Lipinski definition) is 16. The lowest BCUT2D eigenvalue weighted by atomic mass is 9.77. The van der Waals surface area contributed by atoms with Crippen molar-refractivity contribution >= 4 is 22.0 Å². The molecule has 6 N–H and O–H groups in total. The second-order valence-corrected chi connectivity index (χ2v) is 20.8. The lowest BCUT2D eigenvalue weighted by Gasteiger charge is -2.48. The molecular formula is C44H75N3O15S. The third-order valence-electron chi connectivity index (χ3n) is 13.4. The Balaban J connectivity index is 1.87. The highest BCUT2D eigenvalue weighted by Gasteiger charge is 2.53. The summed E-state index contributed by atoms with van der Waals surface area (Å²) < 4.78 is 66.5. The maximum atomic E-state index is 14.5. The fourth-order valence-electron chi connectivity index (χ4n) is 9.61. The molecule has 0 radical (unpaired) electrons. The first kappa shape index (κ1) is 53.1. The van der Waals surface area contributed by atoms with Gasteiger partial charge in [0.05, 0.1) is 52.5 Å². The number of nitrogens with zero attached hydrogens (tertiary/aromatic N) is 2. The normalized spacial score (nSPS) is 42.8. The van der Waals surface area contributed by atoms with E-state index >= 15 is 0 Å². The fourth-order valence-corrected chi connectivity index (χ4v) is 10.6.